The third-order valence-corrected chi connectivity index (χ3v) is 3.96. The zero-order chi connectivity index (χ0) is 16.4. The van der Waals surface area contributed by atoms with E-state index >= 15 is 0 Å². The number of amides is 1. The van der Waals surface area contributed by atoms with Gasteiger partial charge in [0.15, 0.2) is 0 Å². The van der Waals surface area contributed by atoms with E-state index in [-0.39, 0.29) is 22.6 Å². The molecule has 1 aromatic carbocycles. The molecule has 7 heteroatoms. The molecule has 118 valence electrons. The lowest BCUT2D eigenvalue weighted by atomic mass is 9.94. The van der Waals surface area contributed by atoms with Gasteiger partial charge in [-0.15, -0.1) is 0 Å². The lowest BCUT2D eigenvalue weighted by Crippen LogP contribution is -2.36. The summed E-state index contributed by atoms with van der Waals surface area (Å²) in [6.45, 7) is 7.19. The second-order valence-electron chi connectivity index (χ2n) is 5.90. The second-order valence-corrected chi connectivity index (χ2v) is 7.43. The van der Waals surface area contributed by atoms with E-state index in [0.717, 1.165) is 0 Å². The average molecular weight is 314 g/mol. The number of sulfonamides is 1. The van der Waals surface area contributed by atoms with Crippen molar-refractivity contribution in [1.82, 2.24) is 5.32 Å². The second kappa shape index (κ2) is 6.03. The lowest BCUT2D eigenvalue weighted by Gasteiger charge is -2.22. The first-order valence-electron chi connectivity index (χ1n) is 6.48. The van der Waals surface area contributed by atoms with Gasteiger partial charge in [-0.05, 0) is 24.6 Å². The monoisotopic (exact) mass is 314 g/mol. The number of methoxy groups -OCH3 is 1. The van der Waals surface area contributed by atoms with Crippen LogP contribution in [0, 0.1) is 5.41 Å². The van der Waals surface area contributed by atoms with Crippen LogP contribution in [0.5, 0.6) is 5.75 Å². The highest BCUT2D eigenvalue weighted by atomic mass is 32.2. The summed E-state index contributed by atoms with van der Waals surface area (Å²) in [6.07, 6.45) is 0. The molecule has 6 nitrogen and oxygen atoms in total. The molecule has 0 fully saturated rings. The van der Waals surface area contributed by atoms with Crippen LogP contribution in [-0.4, -0.2) is 21.4 Å². The first kappa shape index (κ1) is 17.5. The maximum atomic E-state index is 12.0. The zero-order valence-corrected chi connectivity index (χ0v) is 13.7. The Morgan fingerprint density at radius 2 is 1.90 bits per heavy atom. The fraction of sp³-hybridized carbons (Fsp3) is 0.500. The molecule has 1 aromatic rings. The van der Waals surface area contributed by atoms with Crippen molar-refractivity contribution >= 4 is 15.9 Å². The molecule has 0 bridgehead atoms. The third kappa shape index (κ3) is 4.44. The van der Waals surface area contributed by atoms with E-state index in [2.05, 4.69) is 5.32 Å². The van der Waals surface area contributed by atoms with Crippen molar-refractivity contribution in [3.05, 3.63) is 23.8 Å². The fourth-order valence-electron chi connectivity index (χ4n) is 1.68. The van der Waals surface area contributed by atoms with E-state index in [1.54, 1.807) is 33.8 Å². The Kier molecular flexibility index (Phi) is 5.01. The Labute approximate surface area is 125 Å². The molecule has 0 spiro atoms. The minimum absolute atomic E-state index is 0.0978. The summed E-state index contributed by atoms with van der Waals surface area (Å²) in [5, 5.41) is 8.01. The number of primary sulfonamides is 1. The average Bonchev–Trinajstić information content (AvgIpc) is 2.35. The first-order chi connectivity index (χ1) is 9.46. The van der Waals surface area contributed by atoms with Gasteiger partial charge in [-0.3, -0.25) is 4.79 Å². The molecule has 21 heavy (non-hydrogen) atoms. The number of rotatable bonds is 4. The molecule has 1 amide bonds. The van der Waals surface area contributed by atoms with Crippen molar-refractivity contribution in [2.75, 3.05) is 7.11 Å². The van der Waals surface area contributed by atoms with Crippen molar-refractivity contribution in [3.63, 3.8) is 0 Å². The summed E-state index contributed by atoms with van der Waals surface area (Å²) in [6, 6.07) is 4.29. The highest BCUT2D eigenvalue weighted by Gasteiger charge is 2.24. The normalized spacial score (nSPS) is 13.6. The van der Waals surface area contributed by atoms with Crippen molar-refractivity contribution < 1.29 is 17.9 Å². The van der Waals surface area contributed by atoms with Crippen LogP contribution in [0.2, 0.25) is 0 Å². The fourth-order valence-corrected chi connectivity index (χ4v) is 2.41. The van der Waals surface area contributed by atoms with Crippen LogP contribution in [0.4, 0.5) is 0 Å². The van der Waals surface area contributed by atoms with E-state index < -0.39 is 15.4 Å². The summed E-state index contributed by atoms with van der Waals surface area (Å²) in [5.74, 6) is 0.0542. The number of carbonyl (C=O) groups is 1. The zero-order valence-electron chi connectivity index (χ0n) is 12.9. The van der Waals surface area contributed by atoms with Gasteiger partial charge < -0.3 is 10.1 Å². The Balaban J connectivity index is 3.13. The van der Waals surface area contributed by atoms with Gasteiger partial charge in [-0.2, -0.15) is 0 Å². The van der Waals surface area contributed by atoms with E-state index in [1.807, 2.05) is 0 Å². The van der Waals surface area contributed by atoms with Crippen LogP contribution >= 0.6 is 0 Å². The molecule has 0 aromatic heterocycles. The molecular formula is C14H22N2O4S. The van der Waals surface area contributed by atoms with Gasteiger partial charge in [0.05, 0.1) is 13.2 Å². The predicted molar refractivity (Wildman–Crippen MR) is 80.4 cm³/mol. The molecule has 1 unspecified atom stereocenters. The smallest absolute Gasteiger partial charge is 0.241 e. The van der Waals surface area contributed by atoms with Gasteiger partial charge in [0, 0.05) is 5.41 Å². The summed E-state index contributed by atoms with van der Waals surface area (Å²) >= 11 is 0. The Morgan fingerprint density at radius 1 is 1.33 bits per heavy atom. The molecule has 1 rings (SSSR count). The molecule has 0 aliphatic heterocycles. The highest BCUT2D eigenvalue weighted by molar-refractivity contribution is 7.89. The number of hydrogen-bond acceptors (Lipinski definition) is 4. The molecule has 0 saturated heterocycles. The maximum absolute atomic E-state index is 12.0. The minimum Gasteiger partial charge on any atom is -0.495 e. The van der Waals surface area contributed by atoms with Crippen LogP contribution in [0.15, 0.2) is 23.1 Å². The van der Waals surface area contributed by atoms with Gasteiger partial charge in [0.1, 0.15) is 10.6 Å². The van der Waals surface area contributed by atoms with Crippen LogP contribution in [0.25, 0.3) is 0 Å². The standard InChI is InChI=1S/C14H22N2O4S/c1-9(16-13(17)14(2,3)4)10-6-7-11(20-5)12(8-10)21(15,18)19/h6-9H,1-5H3,(H,16,17)(H2,15,18,19). The molecule has 1 atom stereocenters. The molecule has 0 saturated carbocycles. The van der Waals surface area contributed by atoms with Crippen LogP contribution in [0.3, 0.4) is 0 Å². The van der Waals surface area contributed by atoms with Gasteiger partial charge in [0.2, 0.25) is 15.9 Å². The SMILES string of the molecule is COc1ccc(C(C)NC(=O)C(C)(C)C)cc1S(N)(=O)=O. The van der Waals surface area contributed by atoms with E-state index in [0.29, 0.717) is 5.56 Å². The lowest BCUT2D eigenvalue weighted by molar-refractivity contribution is -0.129. The number of carbonyl (C=O) groups excluding carboxylic acids is 1. The topological polar surface area (TPSA) is 98.5 Å². The van der Waals surface area contributed by atoms with Crippen molar-refractivity contribution in [3.8, 4) is 5.75 Å². The minimum atomic E-state index is -3.90. The van der Waals surface area contributed by atoms with E-state index in [1.165, 1.54) is 19.2 Å². The number of ether oxygens (including phenoxy) is 1. The summed E-state index contributed by atoms with van der Waals surface area (Å²) in [4.78, 5) is 11.9. The number of benzene rings is 1. The van der Waals surface area contributed by atoms with Crippen molar-refractivity contribution in [1.29, 1.82) is 0 Å². The first-order valence-corrected chi connectivity index (χ1v) is 8.03. The highest BCUT2D eigenvalue weighted by Crippen LogP contribution is 2.27. The Hall–Kier alpha value is -1.60. The van der Waals surface area contributed by atoms with Crippen molar-refractivity contribution in [2.24, 2.45) is 10.6 Å². The maximum Gasteiger partial charge on any atom is 0.241 e. The van der Waals surface area contributed by atoms with Crippen LogP contribution < -0.4 is 15.2 Å². The molecule has 0 aliphatic rings. The molecule has 0 radical (unpaired) electrons. The van der Waals surface area contributed by atoms with E-state index in [9.17, 15) is 13.2 Å². The number of nitrogens with two attached hydrogens (primary N) is 1. The van der Waals surface area contributed by atoms with Gasteiger partial charge in [-0.25, -0.2) is 13.6 Å². The van der Waals surface area contributed by atoms with Gasteiger partial charge in [-0.1, -0.05) is 26.8 Å². The Morgan fingerprint density at radius 3 is 2.33 bits per heavy atom. The largest absolute Gasteiger partial charge is 0.495 e. The third-order valence-electron chi connectivity index (χ3n) is 3.02. The molecule has 0 heterocycles. The Bertz CT molecular complexity index is 633. The summed E-state index contributed by atoms with van der Waals surface area (Å²) in [7, 11) is -2.53. The predicted octanol–water partition coefficient (Wildman–Crippen LogP) is 1.57. The summed E-state index contributed by atoms with van der Waals surface area (Å²) < 4.78 is 28.2. The molecule has 0 aliphatic carbocycles. The van der Waals surface area contributed by atoms with Crippen LogP contribution in [-0.2, 0) is 14.8 Å². The van der Waals surface area contributed by atoms with Crippen LogP contribution in [0.1, 0.15) is 39.3 Å². The van der Waals surface area contributed by atoms with Crippen molar-refractivity contribution in [2.45, 2.75) is 38.6 Å². The molecule has 3 N–H and O–H groups in total. The van der Waals surface area contributed by atoms with Gasteiger partial charge >= 0.3 is 0 Å². The van der Waals surface area contributed by atoms with E-state index in [4.69, 9.17) is 9.88 Å². The van der Waals surface area contributed by atoms with Gasteiger partial charge in [0.25, 0.3) is 0 Å². The quantitative estimate of drug-likeness (QED) is 0.881. The number of hydrogen-bond donors (Lipinski definition) is 2. The summed E-state index contributed by atoms with van der Waals surface area (Å²) in [5.41, 5.74) is 0.112. The number of nitrogens with one attached hydrogen (secondary N) is 1. The molecular weight excluding hydrogens is 292 g/mol.